The zero-order valence-corrected chi connectivity index (χ0v) is 13.8. The number of hydrogen-bond acceptors (Lipinski definition) is 6. The van der Waals surface area contributed by atoms with E-state index in [9.17, 15) is 24.9 Å². The van der Waals surface area contributed by atoms with Crippen LogP contribution >= 0.6 is 11.6 Å². The maximum Gasteiger partial charge on any atom is 0.330 e. The summed E-state index contributed by atoms with van der Waals surface area (Å²) < 4.78 is 6.67. The molecule has 1 aromatic heterocycles. The second-order valence-electron chi connectivity index (χ2n) is 5.89. The third-order valence-corrected chi connectivity index (χ3v) is 4.58. The quantitative estimate of drug-likeness (QED) is 0.560. The van der Waals surface area contributed by atoms with Crippen molar-refractivity contribution >= 4 is 11.6 Å². The zero-order valence-electron chi connectivity index (χ0n) is 13.0. The molecule has 8 nitrogen and oxygen atoms in total. The lowest BCUT2D eigenvalue weighted by molar-refractivity contribution is -0.149. The fourth-order valence-electron chi connectivity index (χ4n) is 3.06. The van der Waals surface area contributed by atoms with Gasteiger partial charge in [0.1, 0.15) is 23.3 Å². The maximum atomic E-state index is 12.3. The second kappa shape index (κ2) is 6.74. The van der Waals surface area contributed by atoms with Gasteiger partial charge >= 0.3 is 5.69 Å². The molecule has 2 heterocycles. The van der Waals surface area contributed by atoms with Gasteiger partial charge in [-0.25, -0.2) is 4.79 Å². The number of ether oxygens (including phenoxy) is 1. The molecule has 3 rings (SSSR count). The summed E-state index contributed by atoms with van der Waals surface area (Å²) >= 11 is 5.83. The molecular weight excluding hydrogens is 352 g/mol. The van der Waals surface area contributed by atoms with Gasteiger partial charge in [0.25, 0.3) is 5.56 Å². The van der Waals surface area contributed by atoms with Gasteiger partial charge in [0.2, 0.25) is 0 Å². The van der Waals surface area contributed by atoms with Crippen LogP contribution in [0.25, 0.3) is 0 Å². The summed E-state index contributed by atoms with van der Waals surface area (Å²) in [6.07, 6.45) is -3.00. The maximum absolute atomic E-state index is 12.3. The molecule has 134 valence electrons. The van der Waals surface area contributed by atoms with Crippen LogP contribution in [0.15, 0.2) is 46.1 Å². The lowest BCUT2D eigenvalue weighted by Crippen LogP contribution is -2.53. The fraction of sp³-hybridized carbons (Fsp3) is 0.375. The highest BCUT2D eigenvalue weighted by Gasteiger charge is 2.55. The van der Waals surface area contributed by atoms with Crippen molar-refractivity contribution in [2.45, 2.75) is 30.5 Å². The Bertz CT molecular complexity index is 867. The van der Waals surface area contributed by atoms with E-state index in [4.69, 9.17) is 16.3 Å². The number of aromatic nitrogens is 2. The van der Waals surface area contributed by atoms with Crippen molar-refractivity contribution in [2.75, 3.05) is 6.61 Å². The summed E-state index contributed by atoms with van der Waals surface area (Å²) in [4.78, 5) is 25.9. The van der Waals surface area contributed by atoms with Crippen LogP contribution in [0.4, 0.5) is 0 Å². The Morgan fingerprint density at radius 2 is 1.92 bits per heavy atom. The summed E-state index contributed by atoms with van der Waals surface area (Å²) in [5.41, 5.74) is -2.65. The van der Waals surface area contributed by atoms with Gasteiger partial charge in [-0.05, 0) is 5.56 Å². The summed E-state index contributed by atoms with van der Waals surface area (Å²) in [5, 5.41) is 29.9. The molecule has 9 heteroatoms. The van der Waals surface area contributed by atoms with Crippen molar-refractivity contribution in [3.63, 3.8) is 0 Å². The van der Waals surface area contributed by atoms with Gasteiger partial charge in [-0.2, -0.15) is 0 Å². The minimum absolute atomic E-state index is 0.00481. The molecule has 0 amide bonds. The van der Waals surface area contributed by atoms with Crippen molar-refractivity contribution < 1.29 is 20.1 Å². The molecule has 4 atom stereocenters. The van der Waals surface area contributed by atoms with Gasteiger partial charge in [0.15, 0.2) is 5.72 Å². The summed E-state index contributed by atoms with van der Waals surface area (Å²) in [6, 6.07) is 8.86. The molecule has 1 aliphatic heterocycles. The predicted octanol–water partition coefficient (Wildman–Crippen LogP) is -0.802. The smallest absolute Gasteiger partial charge is 0.330 e. The minimum Gasteiger partial charge on any atom is -0.394 e. The molecule has 0 spiro atoms. The zero-order chi connectivity index (χ0) is 18.2. The van der Waals surface area contributed by atoms with Crippen molar-refractivity contribution in [1.82, 2.24) is 9.55 Å². The number of aromatic amines is 1. The number of benzene rings is 1. The van der Waals surface area contributed by atoms with Crippen molar-refractivity contribution in [1.29, 1.82) is 0 Å². The highest BCUT2D eigenvalue weighted by molar-refractivity contribution is 6.30. The molecule has 1 aromatic carbocycles. The largest absolute Gasteiger partial charge is 0.394 e. The molecule has 4 N–H and O–H groups in total. The van der Waals surface area contributed by atoms with Gasteiger partial charge in [0, 0.05) is 12.6 Å². The molecule has 0 bridgehead atoms. The first-order valence-corrected chi connectivity index (χ1v) is 7.97. The van der Waals surface area contributed by atoms with Crippen molar-refractivity contribution in [2.24, 2.45) is 0 Å². The highest BCUT2D eigenvalue weighted by atomic mass is 35.5. The average Bonchev–Trinajstić information content (AvgIpc) is 2.84. The molecule has 0 unspecified atom stereocenters. The number of nitrogens with one attached hydrogen (secondary N) is 1. The SMILES string of the molecule is O=c1[nH]c(=O)n([C@]2(Cc3ccccc3)O[C@H](CO)[C@@H](O)[C@H]2O)cc1Cl. The van der Waals surface area contributed by atoms with Gasteiger partial charge in [-0.15, -0.1) is 0 Å². The van der Waals surface area contributed by atoms with Gasteiger partial charge < -0.3 is 20.1 Å². The molecule has 25 heavy (non-hydrogen) atoms. The van der Waals surface area contributed by atoms with E-state index in [-0.39, 0.29) is 11.4 Å². The molecule has 0 radical (unpaired) electrons. The van der Waals surface area contributed by atoms with Crippen LogP contribution in [-0.4, -0.2) is 49.8 Å². The summed E-state index contributed by atoms with van der Waals surface area (Å²) in [7, 11) is 0. The predicted molar refractivity (Wildman–Crippen MR) is 88.4 cm³/mol. The monoisotopic (exact) mass is 368 g/mol. The van der Waals surface area contributed by atoms with E-state index >= 15 is 0 Å². The van der Waals surface area contributed by atoms with Gasteiger partial charge in [0.05, 0.1) is 6.61 Å². The van der Waals surface area contributed by atoms with Crippen LogP contribution in [0, 0.1) is 0 Å². The second-order valence-corrected chi connectivity index (χ2v) is 6.30. The number of hydrogen-bond donors (Lipinski definition) is 4. The van der Waals surface area contributed by atoms with Gasteiger partial charge in [-0.1, -0.05) is 41.9 Å². The van der Waals surface area contributed by atoms with Crippen LogP contribution in [0.1, 0.15) is 5.56 Å². The topological polar surface area (TPSA) is 125 Å². The van der Waals surface area contributed by atoms with Crippen LogP contribution < -0.4 is 11.2 Å². The lowest BCUT2D eigenvalue weighted by Gasteiger charge is -2.34. The number of halogens is 1. The third-order valence-electron chi connectivity index (χ3n) is 4.31. The molecule has 0 aliphatic carbocycles. The number of aliphatic hydroxyl groups is 3. The lowest BCUT2D eigenvalue weighted by atomic mass is 9.95. The first-order chi connectivity index (χ1) is 11.9. The minimum atomic E-state index is -1.74. The standard InChI is InChI=1S/C16H17ClN2O6/c17-10-7-19(15(24)18-14(10)23)16(6-9-4-2-1-3-5-9)13(22)12(21)11(8-20)25-16/h1-5,7,11-13,20-22H,6,8H2,(H,18,23,24)/t11-,12-,13-,16-/m1/s1. The summed E-state index contributed by atoms with van der Waals surface area (Å²) in [6.45, 7) is -0.555. The Morgan fingerprint density at radius 1 is 1.24 bits per heavy atom. The number of H-pyrrole nitrogens is 1. The van der Waals surface area contributed by atoms with E-state index in [0.29, 0.717) is 5.56 Å². The number of aliphatic hydroxyl groups excluding tert-OH is 3. The fourth-order valence-corrected chi connectivity index (χ4v) is 3.21. The van der Waals surface area contributed by atoms with Crippen LogP contribution in [0.2, 0.25) is 5.02 Å². The van der Waals surface area contributed by atoms with Crippen molar-refractivity contribution in [3.05, 3.63) is 68.0 Å². The van der Waals surface area contributed by atoms with Crippen LogP contribution in [-0.2, 0) is 16.9 Å². The van der Waals surface area contributed by atoms with Crippen LogP contribution in [0.3, 0.4) is 0 Å². The van der Waals surface area contributed by atoms with E-state index < -0.39 is 41.9 Å². The van der Waals surface area contributed by atoms with Crippen molar-refractivity contribution in [3.8, 4) is 0 Å². The van der Waals surface area contributed by atoms with E-state index in [1.54, 1.807) is 30.3 Å². The van der Waals surface area contributed by atoms with Crippen LogP contribution in [0.5, 0.6) is 0 Å². The van der Waals surface area contributed by atoms with E-state index in [1.807, 2.05) is 4.98 Å². The first kappa shape index (κ1) is 17.8. The van der Waals surface area contributed by atoms with E-state index in [0.717, 1.165) is 10.8 Å². The molecule has 0 saturated carbocycles. The first-order valence-electron chi connectivity index (χ1n) is 7.60. The molecule has 1 fully saturated rings. The Kier molecular flexibility index (Phi) is 4.81. The molecule has 1 aliphatic rings. The van der Waals surface area contributed by atoms with E-state index in [2.05, 4.69) is 0 Å². The Labute approximate surface area is 146 Å². The average molecular weight is 369 g/mol. The Hall–Kier alpha value is -1.97. The van der Waals surface area contributed by atoms with Gasteiger partial charge in [-0.3, -0.25) is 14.3 Å². The Balaban J connectivity index is 2.18. The molecular formula is C16H17ClN2O6. The normalized spacial score (nSPS) is 29.0. The number of rotatable bonds is 4. The van der Waals surface area contributed by atoms with E-state index in [1.165, 1.54) is 0 Å². The highest BCUT2D eigenvalue weighted by Crippen LogP contribution is 2.37. The third kappa shape index (κ3) is 3.03. The Morgan fingerprint density at radius 3 is 2.52 bits per heavy atom. The molecule has 2 aromatic rings. The summed E-state index contributed by atoms with van der Waals surface area (Å²) in [5.74, 6) is 0. The number of nitrogens with zero attached hydrogens (tertiary/aromatic N) is 1. The molecule has 1 saturated heterocycles.